The van der Waals surface area contributed by atoms with Crippen molar-refractivity contribution < 1.29 is 4.99 Å². The first kappa shape index (κ1) is 7.21. The van der Waals surface area contributed by atoms with E-state index < -0.39 is 0 Å². The van der Waals surface area contributed by atoms with Gasteiger partial charge in [0.25, 0.3) is 0 Å². The molecule has 0 aliphatic heterocycles. The topological polar surface area (TPSA) is 40.0 Å². The molecule has 0 aromatic heterocycles. The molecule has 2 heteroatoms. The SMILES string of the molecule is C[NH+]=C(C)C(C)=CN. The summed E-state index contributed by atoms with van der Waals surface area (Å²) >= 11 is 0. The lowest BCUT2D eigenvalue weighted by molar-refractivity contribution is -0.419. The molecule has 0 amide bonds. The molecule has 0 bridgehead atoms. The van der Waals surface area contributed by atoms with Crippen LogP contribution in [-0.4, -0.2) is 12.8 Å². The zero-order valence-corrected chi connectivity index (χ0v) is 5.65. The van der Waals surface area contributed by atoms with Crippen molar-refractivity contribution >= 4 is 5.71 Å². The van der Waals surface area contributed by atoms with Gasteiger partial charge in [0.2, 0.25) is 0 Å². The van der Waals surface area contributed by atoms with Crippen LogP contribution in [0.5, 0.6) is 0 Å². The van der Waals surface area contributed by atoms with Gasteiger partial charge in [-0.15, -0.1) is 0 Å². The number of hydrogen-bond acceptors (Lipinski definition) is 1. The van der Waals surface area contributed by atoms with Crippen molar-refractivity contribution in [3.05, 3.63) is 11.8 Å². The zero-order valence-electron chi connectivity index (χ0n) is 5.65. The Morgan fingerprint density at radius 3 is 2.12 bits per heavy atom. The summed E-state index contributed by atoms with van der Waals surface area (Å²) < 4.78 is 0. The molecule has 2 nitrogen and oxygen atoms in total. The Bertz CT molecular complexity index is 106. The number of hydrogen-bond donors (Lipinski definition) is 2. The first-order valence-electron chi connectivity index (χ1n) is 2.62. The highest BCUT2D eigenvalue weighted by molar-refractivity contribution is 5.92. The molecule has 0 atom stereocenters. The van der Waals surface area contributed by atoms with Crippen molar-refractivity contribution in [2.24, 2.45) is 5.73 Å². The highest BCUT2D eigenvalue weighted by Crippen LogP contribution is 1.84. The minimum absolute atomic E-state index is 1.09. The minimum Gasteiger partial charge on any atom is -0.404 e. The summed E-state index contributed by atoms with van der Waals surface area (Å²) in [5.74, 6) is 0. The molecule has 0 aromatic rings. The molecule has 8 heavy (non-hydrogen) atoms. The molecule has 0 aliphatic carbocycles. The summed E-state index contributed by atoms with van der Waals surface area (Å²) in [6.45, 7) is 3.95. The molecule has 0 fully saturated rings. The summed E-state index contributed by atoms with van der Waals surface area (Å²) in [5.41, 5.74) is 7.43. The normalized spacial score (nSPS) is 14.4. The lowest BCUT2D eigenvalue weighted by Crippen LogP contribution is -2.67. The summed E-state index contributed by atoms with van der Waals surface area (Å²) in [6.07, 6.45) is 1.59. The second-order valence-corrected chi connectivity index (χ2v) is 1.72. The van der Waals surface area contributed by atoms with Crippen molar-refractivity contribution in [2.75, 3.05) is 7.05 Å². The second kappa shape index (κ2) is 3.24. The maximum atomic E-state index is 5.23. The van der Waals surface area contributed by atoms with Gasteiger partial charge in [0, 0.05) is 18.7 Å². The largest absolute Gasteiger partial charge is 0.404 e. The number of nitrogens with two attached hydrogens (primary N) is 1. The Morgan fingerprint density at radius 1 is 1.50 bits per heavy atom. The molecule has 0 unspecified atom stereocenters. The lowest BCUT2D eigenvalue weighted by atomic mass is 10.2. The quantitative estimate of drug-likeness (QED) is 0.422. The van der Waals surface area contributed by atoms with Gasteiger partial charge in [-0.1, -0.05) is 0 Å². The van der Waals surface area contributed by atoms with Crippen LogP contribution in [0, 0.1) is 0 Å². The highest BCUT2D eigenvalue weighted by atomic mass is 14.7. The van der Waals surface area contributed by atoms with Crippen LogP contribution >= 0.6 is 0 Å². The molecule has 0 heterocycles. The second-order valence-electron chi connectivity index (χ2n) is 1.72. The predicted octanol–water partition coefficient (Wildman–Crippen LogP) is -0.980. The van der Waals surface area contributed by atoms with Crippen molar-refractivity contribution in [2.45, 2.75) is 13.8 Å². The van der Waals surface area contributed by atoms with E-state index in [2.05, 4.69) is 4.99 Å². The third-order valence-corrected chi connectivity index (χ3v) is 1.22. The van der Waals surface area contributed by atoms with Gasteiger partial charge >= 0.3 is 0 Å². The first-order valence-corrected chi connectivity index (χ1v) is 2.62. The van der Waals surface area contributed by atoms with Crippen LogP contribution < -0.4 is 10.7 Å². The molecular weight excluding hydrogens is 100 g/mol. The number of nitrogens with one attached hydrogen (secondary N) is 1. The molecule has 46 valence electrons. The van der Waals surface area contributed by atoms with Gasteiger partial charge in [-0.25, -0.2) is 4.99 Å². The Labute approximate surface area is 50.1 Å². The molecule has 0 rings (SSSR count). The van der Waals surface area contributed by atoms with Gasteiger partial charge in [0.15, 0.2) is 5.71 Å². The van der Waals surface area contributed by atoms with Gasteiger partial charge < -0.3 is 5.73 Å². The van der Waals surface area contributed by atoms with E-state index in [1.54, 1.807) is 6.20 Å². The molecule has 0 saturated carbocycles. The van der Waals surface area contributed by atoms with Crippen molar-refractivity contribution in [1.29, 1.82) is 0 Å². The van der Waals surface area contributed by atoms with Crippen molar-refractivity contribution in [3.63, 3.8) is 0 Å². The molecule has 0 radical (unpaired) electrons. The average molecular weight is 113 g/mol. The van der Waals surface area contributed by atoms with Gasteiger partial charge in [-0.05, 0) is 6.92 Å². The van der Waals surface area contributed by atoms with Gasteiger partial charge in [0.05, 0.1) is 0 Å². The van der Waals surface area contributed by atoms with Crippen LogP contribution in [0.2, 0.25) is 0 Å². The van der Waals surface area contributed by atoms with Gasteiger partial charge in [0.1, 0.15) is 7.05 Å². The van der Waals surface area contributed by atoms with Crippen molar-refractivity contribution in [1.82, 2.24) is 0 Å². The lowest BCUT2D eigenvalue weighted by Gasteiger charge is -1.87. The fraction of sp³-hybridized carbons (Fsp3) is 0.500. The summed E-state index contributed by atoms with van der Waals surface area (Å²) in [4.78, 5) is 2.98. The van der Waals surface area contributed by atoms with E-state index in [1.165, 1.54) is 0 Å². The molecule has 0 spiro atoms. The molecule has 0 aromatic carbocycles. The predicted molar refractivity (Wildman–Crippen MR) is 35.5 cm³/mol. The third kappa shape index (κ3) is 1.78. The maximum Gasteiger partial charge on any atom is 0.175 e. The van der Waals surface area contributed by atoms with Gasteiger partial charge in [-0.3, -0.25) is 0 Å². The van der Waals surface area contributed by atoms with Crippen LogP contribution in [0.25, 0.3) is 0 Å². The Morgan fingerprint density at radius 2 is 2.00 bits per heavy atom. The van der Waals surface area contributed by atoms with E-state index >= 15 is 0 Å². The summed E-state index contributed by atoms with van der Waals surface area (Å²) in [5, 5.41) is 0. The van der Waals surface area contributed by atoms with Crippen LogP contribution in [0.1, 0.15) is 13.8 Å². The highest BCUT2D eigenvalue weighted by Gasteiger charge is 1.94. The van der Waals surface area contributed by atoms with Crippen LogP contribution in [0.15, 0.2) is 11.8 Å². The van der Waals surface area contributed by atoms with E-state index in [9.17, 15) is 0 Å². The van der Waals surface area contributed by atoms with E-state index in [-0.39, 0.29) is 0 Å². The van der Waals surface area contributed by atoms with E-state index in [1.807, 2.05) is 20.9 Å². The average Bonchev–Trinajstić information content (AvgIpc) is 1.84. The molecule has 0 aliphatic rings. The fourth-order valence-corrected chi connectivity index (χ4v) is 0.322. The molecular formula is C6H13N2+. The van der Waals surface area contributed by atoms with E-state index in [0.29, 0.717) is 0 Å². The minimum atomic E-state index is 1.09. The van der Waals surface area contributed by atoms with Crippen LogP contribution in [0.4, 0.5) is 0 Å². The number of allylic oxidation sites excluding steroid dienone is 1. The fourth-order valence-electron chi connectivity index (χ4n) is 0.322. The summed E-state index contributed by atoms with van der Waals surface area (Å²) in [6, 6.07) is 0. The summed E-state index contributed by atoms with van der Waals surface area (Å²) in [7, 11) is 1.88. The van der Waals surface area contributed by atoms with Crippen molar-refractivity contribution in [3.8, 4) is 0 Å². The maximum absolute atomic E-state index is 5.23. The monoisotopic (exact) mass is 113 g/mol. The Kier molecular flexibility index (Phi) is 2.92. The van der Waals surface area contributed by atoms with Gasteiger partial charge in [-0.2, -0.15) is 0 Å². The van der Waals surface area contributed by atoms with Crippen LogP contribution in [0.3, 0.4) is 0 Å². The Balaban J connectivity index is 4.04. The Hall–Kier alpha value is -0.790. The zero-order chi connectivity index (χ0) is 6.57. The molecule has 0 saturated heterocycles. The van der Waals surface area contributed by atoms with Crippen LogP contribution in [-0.2, 0) is 0 Å². The third-order valence-electron chi connectivity index (χ3n) is 1.22. The number of rotatable bonds is 1. The molecule has 3 N–H and O–H groups in total. The smallest absolute Gasteiger partial charge is 0.175 e. The van der Waals surface area contributed by atoms with E-state index in [0.717, 1.165) is 11.3 Å². The first-order chi connectivity index (χ1) is 3.72. The van der Waals surface area contributed by atoms with E-state index in [4.69, 9.17) is 5.73 Å². The standard InChI is InChI=1S/C6H12N2/c1-5(4-7)6(2)8-3/h4H,7H2,1-3H3/p+1.